The number of benzene rings is 2. The van der Waals surface area contributed by atoms with Crippen LogP contribution in [0.25, 0.3) is 0 Å². The van der Waals surface area contributed by atoms with Crippen LogP contribution in [-0.2, 0) is 11.2 Å². The minimum Gasteiger partial charge on any atom is -0.497 e. The van der Waals surface area contributed by atoms with Crippen LogP contribution in [0, 0.1) is 0 Å². The molecule has 0 N–H and O–H groups in total. The molecule has 0 saturated carbocycles. The van der Waals surface area contributed by atoms with E-state index in [1.165, 1.54) is 10.5 Å². The molecule has 1 aliphatic rings. The van der Waals surface area contributed by atoms with E-state index >= 15 is 0 Å². The Kier molecular flexibility index (Phi) is 8.71. The van der Waals surface area contributed by atoms with E-state index in [9.17, 15) is 4.79 Å². The van der Waals surface area contributed by atoms with Crippen LogP contribution in [0.4, 0.5) is 0 Å². The van der Waals surface area contributed by atoms with Gasteiger partial charge in [0.15, 0.2) is 0 Å². The molecule has 3 rings (SSSR count). The molecule has 1 amide bonds. The van der Waals surface area contributed by atoms with Gasteiger partial charge in [0.2, 0.25) is 5.91 Å². The lowest BCUT2D eigenvalue weighted by molar-refractivity contribution is -0.131. The number of amides is 1. The number of methoxy groups -OCH3 is 1. The predicted molar refractivity (Wildman–Crippen MR) is 121 cm³/mol. The van der Waals surface area contributed by atoms with Crippen LogP contribution in [0.1, 0.15) is 18.4 Å². The van der Waals surface area contributed by atoms with Gasteiger partial charge in [-0.1, -0.05) is 23.7 Å². The lowest BCUT2D eigenvalue weighted by Gasteiger charge is -2.22. The molecule has 1 saturated heterocycles. The molecule has 2 aromatic rings. The summed E-state index contributed by atoms with van der Waals surface area (Å²) in [5.41, 5.74) is 1.18. The van der Waals surface area contributed by atoms with E-state index in [0.29, 0.717) is 6.42 Å². The zero-order valence-corrected chi connectivity index (χ0v) is 18.6. The van der Waals surface area contributed by atoms with Crippen molar-refractivity contribution in [2.75, 3.05) is 45.6 Å². The Balaban J connectivity index is 1.37. The highest BCUT2D eigenvalue weighted by molar-refractivity contribution is 7.99. The number of carbonyl (C=O) groups excluding carboxylic acids is 1. The molecule has 0 radical (unpaired) electrons. The fourth-order valence-electron chi connectivity index (χ4n) is 3.47. The van der Waals surface area contributed by atoms with E-state index in [1.807, 2.05) is 53.1 Å². The zero-order chi connectivity index (χ0) is 20.5. The van der Waals surface area contributed by atoms with Crippen LogP contribution in [0.2, 0.25) is 5.02 Å². The first-order valence-corrected chi connectivity index (χ1v) is 11.5. The Morgan fingerprint density at radius 1 is 1.03 bits per heavy atom. The summed E-state index contributed by atoms with van der Waals surface area (Å²) in [7, 11) is 1.66. The summed E-state index contributed by atoms with van der Waals surface area (Å²) < 4.78 is 5.18. The van der Waals surface area contributed by atoms with E-state index in [2.05, 4.69) is 17.0 Å². The average molecular weight is 433 g/mol. The number of aryl methyl sites for hydroxylation is 1. The molecule has 1 heterocycles. The summed E-state index contributed by atoms with van der Waals surface area (Å²) in [6.07, 6.45) is 2.39. The van der Waals surface area contributed by atoms with Gasteiger partial charge in [-0.2, -0.15) is 0 Å². The second-order valence-corrected chi connectivity index (χ2v) is 8.83. The highest BCUT2D eigenvalue weighted by Crippen LogP contribution is 2.20. The molecular formula is C23H29ClN2O2S. The van der Waals surface area contributed by atoms with Gasteiger partial charge < -0.3 is 14.5 Å². The number of hydrogen-bond acceptors (Lipinski definition) is 4. The normalized spacial score (nSPS) is 15.2. The van der Waals surface area contributed by atoms with Gasteiger partial charge >= 0.3 is 0 Å². The first-order valence-electron chi connectivity index (χ1n) is 10.2. The van der Waals surface area contributed by atoms with Gasteiger partial charge in [-0.05, 0) is 61.3 Å². The highest BCUT2D eigenvalue weighted by Gasteiger charge is 2.18. The first-order chi connectivity index (χ1) is 14.1. The maximum Gasteiger partial charge on any atom is 0.222 e. The molecule has 156 valence electrons. The summed E-state index contributed by atoms with van der Waals surface area (Å²) >= 11 is 7.79. The summed E-state index contributed by atoms with van der Waals surface area (Å²) in [5, 5.41) is 0.776. The third kappa shape index (κ3) is 7.25. The Morgan fingerprint density at radius 3 is 2.52 bits per heavy atom. The standard InChI is InChI=1S/C23H29ClN2O2S/c1-28-21-8-3-19(4-9-21)5-12-23(27)26-14-2-13-25(15-16-26)17-18-29-22-10-6-20(24)7-11-22/h3-4,6-11H,2,5,12-18H2,1H3. The van der Waals surface area contributed by atoms with Crippen molar-refractivity contribution in [2.24, 2.45) is 0 Å². The number of halogens is 1. The monoisotopic (exact) mass is 432 g/mol. The Hall–Kier alpha value is -1.69. The van der Waals surface area contributed by atoms with Crippen LogP contribution in [-0.4, -0.2) is 61.3 Å². The molecule has 0 unspecified atom stereocenters. The number of nitrogens with zero attached hydrogens (tertiary/aromatic N) is 2. The van der Waals surface area contributed by atoms with Gasteiger partial charge in [-0.3, -0.25) is 4.79 Å². The minimum absolute atomic E-state index is 0.262. The molecule has 29 heavy (non-hydrogen) atoms. The lowest BCUT2D eigenvalue weighted by Crippen LogP contribution is -2.35. The number of ether oxygens (including phenoxy) is 1. The Morgan fingerprint density at radius 2 is 1.79 bits per heavy atom. The second kappa shape index (κ2) is 11.5. The molecule has 6 heteroatoms. The number of carbonyl (C=O) groups is 1. The maximum atomic E-state index is 12.6. The second-order valence-electron chi connectivity index (χ2n) is 7.23. The van der Waals surface area contributed by atoms with Gasteiger partial charge in [0, 0.05) is 48.3 Å². The molecule has 2 aromatic carbocycles. The quantitative estimate of drug-likeness (QED) is 0.570. The molecule has 4 nitrogen and oxygen atoms in total. The van der Waals surface area contributed by atoms with Crippen molar-refractivity contribution in [1.29, 1.82) is 0 Å². The third-order valence-corrected chi connectivity index (χ3v) is 6.46. The van der Waals surface area contributed by atoms with Crippen LogP contribution in [0.3, 0.4) is 0 Å². The average Bonchev–Trinajstić information content (AvgIpc) is 3.00. The SMILES string of the molecule is COc1ccc(CCC(=O)N2CCCN(CCSc3ccc(Cl)cc3)CC2)cc1. The molecule has 0 bridgehead atoms. The Labute approximate surface area is 183 Å². The van der Waals surface area contributed by atoms with Crippen LogP contribution in [0.15, 0.2) is 53.4 Å². The molecule has 0 aromatic heterocycles. The van der Waals surface area contributed by atoms with Crippen molar-refractivity contribution in [3.8, 4) is 5.75 Å². The van der Waals surface area contributed by atoms with Crippen molar-refractivity contribution in [3.05, 3.63) is 59.1 Å². The van der Waals surface area contributed by atoms with Gasteiger partial charge in [-0.15, -0.1) is 11.8 Å². The molecule has 0 spiro atoms. The van der Waals surface area contributed by atoms with E-state index in [4.69, 9.17) is 16.3 Å². The lowest BCUT2D eigenvalue weighted by atomic mass is 10.1. The Bertz CT molecular complexity index is 767. The number of hydrogen-bond donors (Lipinski definition) is 0. The van der Waals surface area contributed by atoms with Crippen LogP contribution >= 0.6 is 23.4 Å². The molecule has 0 atom stereocenters. The maximum absolute atomic E-state index is 12.6. The fourth-order valence-corrected chi connectivity index (χ4v) is 4.51. The van der Waals surface area contributed by atoms with Crippen molar-refractivity contribution >= 4 is 29.3 Å². The van der Waals surface area contributed by atoms with Crippen molar-refractivity contribution < 1.29 is 9.53 Å². The van der Waals surface area contributed by atoms with Crippen LogP contribution in [0.5, 0.6) is 5.75 Å². The highest BCUT2D eigenvalue weighted by atomic mass is 35.5. The summed E-state index contributed by atoms with van der Waals surface area (Å²) in [6, 6.07) is 16.0. The van der Waals surface area contributed by atoms with E-state index in [1.54, 1.807) is 7.11 Å². The van der Waals surface area contributed by atoms with E-state index < -0.39 is 0 Å². The van der Waals surface area contributed by atoms with Gasteiger partial charge in [0.25, 0.3) is 0 Å². The molecule has 1 fully saturated rings. The van der Waals surface area contributed by atoms with Gasteiger partial charge in [0.05, 0.1) is 7.11 Å². The minimum atomic E-state index is 0.262. The summed E-state index contributed by atoms with van der Waals surface area (Å²) in [6.45, 7) is 4.75. The number of thioether (sulfide) groups is 1. The van der Waals surface area contributed by atoms with Crippen LogP contribution < -0.4 is 4.74 Å². The van der Waals surface area contributed by atoms with E-state index in [-0.39, 0.29) is 5.91 Å². The smallest absolute Gasteiger partial charge is 0.222 e. The van der Waals surface area contributed by atoms with Crippen molar-refractivity contribution in [3.63, 3.8) is 0 Å². The van der Waals surface area contributed by atoms with E-state index in [0.717, 1.165) is 62.1 Å². The van der Waals surface area contributed by atoms with Gasteiger partial charge in [-0.25, -0.2) is 0 Å². The first kappa shape index (κ1) is 22.0. The summed E-state index contributed by atoms with van der Waals surface area (Å²) in [5.74, 6) is 2.16. The topological polar surface area (TPSA) is 32.8 Å². The third-order valence-electron chi connectivity index (χ3n) is 5.22. The zero-order valence-electron chi connectivity index (χ0n) is 17.0. The fraction of sp³-hybridized carbons (Fsp3) is 0.435. The molecule has 1 aliphatic heterocycles. The number of rotatable bonds is 8. The molecule has 0 aliphatic carbocycles. The van der Waals surface area contributed by atoms with Crippen molar-refractivity contribution in [1.82, 2.24) is 9.80 Å². The predicted octanol–water partition coefficient (Wildman–Crippen LogP) is 4.61. The summed E-state index contributed by atoms with van der Waals surface area (Å²) in [4.78, 5) is 18.4. The largest absolute Gasteiger partial charge is 0.497 e. The van der Waals surface area contributed by atoms with Crippen molar-refractivity contribution in [2.45, 2.75) is 24.2 Å². The van der Waals surface area contributed by atoms with Gasteiger partial charge in [0.1, 0.15) is 5.75 Å². The molecular weight excluding hydrogens is 404 g/mol.